The SMILES string of the molecule is NNC(Cc1ccc(F)c(Br)c1)c1ncc[nH]1. The summed E-state index contributed by atoms with van der Waals surface area (Å²) in [7, 11) is 0. The van der Waals surface area contributed by atoms with Gasteiger partial charge in [0.15, 0.2) is 0 Å². The molecule has 0 aliphatic rings. The predicted molar refractivity (Wildman–Crippen MR) is 66.5 cm³/mol. The van der Waals surface area contributed by atoms with Crippen molar-refractivity contribution in [3.8, 4) is 0 Å². The topological polar surface area (TPSA) is 66.7 Å². The van der Waals surface area contributed by atoms with Crippen molar-refractivity contribution in [1.29, 1.82) is 0 Å². The zero-order chi connectivity index (χ0) is 12.3. The van der Waals surface area contributed by atoms with Gasteiger partial charge in [0.1, 0.15) is 11.6 Å². The maximum absolute atomic E-state index is 13.1. The zero-order valence-corrected chi connectivity index (χ0v) is 10.5. The van der Waals surface area contributed by atoms with E-state index in [1.54, 1.807) is 24.5 Å². The molecule has 0 spiro atoms. The van der Waals surface area contributed by atoms with Crippen LogP contribution in [0, 0.1) is 5.82 Å². The van der Waals surface area contributed by atoms with E-state index in [9.17, 15) is 4.39 Å². The number of aromatic nitrogens is 2. The van der Waals surface area contributed by atoms with E-state index >= 15 is 0 Å². The van der Waals surface area contributed by atoms with Crippen molar-refractivity contribution >= 4 is 15.9 Å². The fraction of sp³-hybridized carbons (Fsp3) is 0.182. The van der Waals surface area contributed by atoms with E-state index in [4.69, 9.17) is 5.84 Å². The van der Waals surface area contributed by atoms with Gasteiger partial charge >= 0.3 is 0 Å². The Morgan fingerprint density at radius 3 is 2.94 bits per heavy atom. The number of nitrogens with one attached hydrogen (secondary N) is 2. The third-order valence-electron chi connectivity index (χ3n) is 2.47. The van der Waals surface area contributed by atoms with E-state index in [0.717, 1.165) is 11.4 Å². The quantitative estimate of drug-likeness (QED) is 0.598. The first-order chi connectivity index (χ1) is 8.20. The van der Waals surface area contributed by atoms with Crippen LogP contribution in [0.15, 0.2) is 35.1 Å². The van der Waals surface area contributed by atoms with E-state index in [1.165, 1.54) is 6.07 Å². The van der Waals surface area contributed by atoms with E-state index in [0.29, 0.717) is 10.9 Å². The Labute approximate surface area is 107 Å². The standard InChI is InChI=1S/C11H12BrFN4/c12-8-5-7(1-2-9(8)13)6-10(17-14)11-15-3-4-16-11/h1-5,10,17H,6,14H2,(H,15,16). The molecule has 1 unspecified atom stereocenters. The molecule has 4 nitrogen and oxygen atoms in total. The van der Waals surface area contributed by atoms with Crippen LogP contribution in [0.1, 0.15) is 17.4 Å². The molecule has 0 bridgehead atoms. The fourth-order valence-corrected chi connectivity index (χ4v) is 2.03. The Morgan fingerprint density at radius 2 is 2.35 bits per heavy atom. The van der Waals surface area contributed by atoms with E-state index in [-0.39, 0.29) is 11.9 Å². The fourth-order valence-electron chi connectivity index (χ4n) is 1.60. The highest BCUT2D eigenvalue weighted by atomic mass is 79.9. The van der Waals surface area contributed by atoms with Crippen LogP contribution in [0.4, 0.5) is 4.39 Å². The van der Waals surface area contributed by atoms with Crippen molar-refractivity contribution < 1.29 is 4.39 Å². The van der Waals surface area contributed by atoms with Crippen molar-refractivity contribution in [2.75, 3.05) is 0 Å². The second-order valence-electron chi connectivity index (χ2n) is 3.65. The minimum atomic E-state index is -0.274. The minimum Gasteiger partial charge on any atom is -0.347 e. The molecular weight excluding hydrogens is 287 g/mol. The Hall–Kier alpha value is -1.24. The lowest BCUT2D eigenvalue weighted by atomic mass is 10.1. The predicted octanol–water partition coefficient (Wildman–Crippen LogP) is 2.06. The highest BCUT2D eigenvalue weighted by Crippen LogP contribution is 2.20. The van der Waals surface area contributed by atoms with E-state index < -0.39 is 0 Å². The van der Waals surface area contributed by atoms with Gasteiger partial charge in [-0.2, -0.15) is 0 Å². The second-order valence-corrected chi connectivity index (χ2v) is 4.50. The van der Waals surface area contributed by atoms with Gasteiger partial charge in [-0.15, -0.1) is 0 Å². The summed E-state index contributed by atoms with van der Waals surface area (Å²) in [5.41, 5.74) is 3.65. The summed E-state index contributed by atoms with van der Waals surface area (Å²) in [4.78, 5) is 7.13. The molecule has 6 heteroatoms. The lowest BCUT2D eigenvalue weighted by Crippen LogP contribution is -2.30. The number of benzene rings is 1. The molecule has 0 radical (unpaired) electrons. The van der Waals surface area contributed by atoms with Crippen LogP contribution in [0.3, 0.4) is 0 Å². The van der Waals surface area contributed by atoms with Crippen molar-refractivity contribution in [2.24, 2.45) is 5.84 Å². The van der Waals surface area contributed by atoms with E-state index in [1.807, 2.05) is 0 Å². The van der Waals surface area contributed by atoms with Crippen LogP contribution in [0.5, 0.6) is 0 Å². The molecule has 0 fully saturated rings. The minimum absolute atomic E-state index is 0.123. The van der Waals surface area contributed by atoms with Gasteiger partial charge in [0.25, 0.3) is 0 Å². The highest BCUT2D eigenvalue weighted by molar-refractivity contribution is 9.10. The largest absolute Gasteiger partial charge is 0.347 e. The molecule has 1 heterocycles. The Morgan fingerprint density at radius 1 is 1.53 bits per heavy atom. The van der Waals surface area contributed by atoms with Crippen molar-refractivity contribution in [1.82, 2.24) is 15.4 Å². The summed E-state index contributed by atoms with van der Waals surface area (Å²) in [5.74, 6) is 5.97. The third kappa shape index (κ3) is 2.91. The molecule has 90 valence electrons. The van der Waals surface area contributed by atoms with Gasteiger partial charge in [0, 0.05) is 12.4 Å². The summed E-state index contributed by atoms with van der Waals surface area (Å²) >= 11 is 3.16. The molecule has 17 heavy (non-hydrogen) atoms. The number of hydrogen-bond acceptors (Lipinski definition) is 3. The van der Waals surface area contributed by atoms with Crippen molar-refractivity contribution in [2.45, 2.75) is 12.5 Å². The van der Waals surface area contributed by atoms with Gasteiger partial charge in [-0.25, -0.2) is 14.8 Å². The number of hydrogen-bond donors (Lipinski definition) is 3. The molecule has 1 aromatic heterocycles. The average molecular weight is 299 g/mol. The number of nitrogens with two attached hydrogens (primary N) is 1. The molecule has 0 aliphatic carbocycles. The van der Waals surface area contributed by atoms with E-state index in [2.05, 4.69) is 31.3 Å². The number of halogens is 2. The number of nitrogens with zero attached hydrogens (tertiary/aromatic N) is 1. The number of hydrazine groups is 1. The molecule has 2 aromatic rings. The number of imidazole rings is 1. The van der Waals surface area contributed by atoms with Crippen molar-refractivity contribution in [3.63, 3.8) is 0 Å². The van der Waals surface area contributed by atoms with Gasteiger partial charge in [-0.05, 0) is 40.0 Å². The van der Waals surface area contributed by atoms with Gasteiger partial charge < -0.3 is 4.98 Å². The van der Waals surface area contributed by atoms with Crippen molar-refractivity contribution in [3.05, 3.63) is 52.3 Å². The van der Waals surface area contributed by atoms with Gasteiger partial charge in [0.05, 0.1) is 10.5 Å². The Bertz CT molecular complexity index is 486. The summed E-state index contributed by atoms with van der Waals surface area (Å²) in [6.45, 7) is 0. The summed E-state index contributed by atoms with van der Waals surface area (Å²) in [5, 5.41) is 0. The summed E-state index contributed by atoms with van der Waals surface area (Å²) in [6, 6.07) is 4.77. The summed E-state index contributed by atoms with van der Waals surface area (Å²) in [6.07, 6.45) is 4.03. The molecule has 1 aromatic carbocycles. The van der Waals surface area contributed by atoms with Gasteiger partial charge in [0.2, 0.25) is 0 Å². The number of rotatable bonds is 4. The zero-order valence-electron chi connectivity index (χ0n) is 8.95. The monoisotopic (exact) mass is 298 g/mol. The van der Waals surface area contributed by atoms with Gasteiger partial charge in [-0.1, -0.05) is 6.07 Å². The molecule has 0 saturated carbocycles. The Balaban J connectivity index is 2.16. The summed E-state index contributed by atoms with van der Waals surface area (Å²) < 4.78 is 13.5. The Kier molecular flexibility index (Phi) is 3.88. The van der Waals surface area contributed by atoms with Crippen LogP contribution in [-0.4, -0.2) is 9.97 Å². The van der Waals surface area contributed by atoms with Crippen LogP contribution >= 0.6 is 15.9 Å². The first kappa shape index (κ1) is 12.2. The first-order valence-electron chi connectivity index (χ1n) is 5.10. The highest BCUT2D eigenvalue weighted by Gasteiger charge is 2.13. The first-order valence-corrected chi connectivity index (χ1v) is 5.89. The average Bonchev–Trinajstić information content (AvgIpc) is 2.84. The lowest BCUT2D eigenvalue weighted by molar-refractivity contribution is 0.526. The van der Waals surface area contributed by atoms with Crippen LogP contribution < -0.4 is 11.3 Å². The second kappa shape index (κ2) is 5.39. The third-order valence-corrected chi connectivity index (χ3v) is 3.08. The number of H-pyrrole nitrogens is 1. The molecule has 4 N–H and O–H groups in total. The molecule has 0 amide bonds. The maximum Gasteiger partial charge on any atom is 0.137 e. The molecular formula is C11H12BrFN4. The molecule has 0 aliphatic heterocycles. The van der Waals surface area contributed by atoms with Crippen LogP contribution in [0.2, 0.25) is 0 Å². The smallest absolute Gasteiger partial charge is 0.137 e. The molecule has 2 rings (SSSR count). The van der Waals surface area contributed by atoms with Gasteiger partial charge in [-0.3, -0.25) is 5.84 Å². The molecule has 0 saturated heterocycles. The van der Waals surface area contributed by atoms with Crippen LogP contribution in [0.25, 0.3) is 0 Å². The number of aromatic amines is 1. The van der Waals surface area contributed by atoms with Crippen LogP contribution in [-0.2, 0) is 6.42 Å². The lowest BCUT2D eigenvalue weighted by Gasteiger charge is -2.13. The molecule has 1 atom stereocenters. The maximum atomic E-state index is 13.1. The normalized spacial score (nSPS) is 12.6.